The minimum absolute atomic E-state index is 0.0872. The number of aromatic nitrogens is 1. The Hall–Kier alpha value is -0.990. The molecule has 24 heavy (non-hydrogen) atoms. The van der Waals surface area contributed by atoms with Crippen LogP contribution >= 0.6 is 33.9 Å². The molecule has 1 N–H and O–H groups in total. The maximum Gasteiger partial charge on any atom is 0.258 e. The molecule has 0 bridgehead atoms. The first-order valence-corrected chi connectivity index (χ1v) is 10.2. The molecule has 0 radical (unpaired) electrons. The molecule has 1 saturated heterocycles. The Morgan fingerprint density at radius 2 is 2.17 bits per heavy atom. The molecule has 3 rings (SSSR count). The summed E-state index contributed by atoms with van der Waals surface area (Å²) >= 11 is 3.72. The van der Waals surface area contributed by atoms with Crippen molar-refractivity contribution in [1.82, 2.24) is 9.88 Å². The number of benzene rings is 1. The lowest BCUT2D eigenvalue weighted by Gasteiger charge is -2.29. The molecular weight excluding hydrogens is 433 g/mol. The van der Waals surface area contributed by atoms with Gasteiger partial charge in [0.15, 0.2) is 5.13 Å². The molecule has 128 valence electrons. The van der Waals surface area contributed by atoms with Crippen LogP contribution in [0.5, 0.6) is 0 Å². The van der Waals surface area contributed by atoms with Gasteiger partial charge in [-0.2, -0.15) is 0 Å². The maximum absolute atomic E-state index is 12.5. The van der Waals surface area contributed by atoms with Gasteiger partial charge in [0.25, 0.3) is 5.91 Å². The van der Waals surface area contributed by atoms with Gasteiger partial charge in [-0.3, -0.25) is 15.0 Å². The Bertz CT molecular complexity index is 723. The van der Waals surface area contributed by atoms with Crippen LogP contribution < -0.4 is 5.32 Å². The van der Waals surface area contributed by atoms with Crippen LogP contribution in [0.1, 0.15) is 41.4 Å². The number of nitrogens with one attached hydrogen (secondary N) is 1. The number of carbonyl (C=O) groups is 1. The van der Waals surface area contributed by atoms with E-state index in [0.717, 1.165) is 40.4 Å². The van der Waals surface area contributed by atoms with Crippen molar-refractivity contribution >= 4 is 45.0 Å². The van der Waals surface area contributed by atoms with E-state index in [9.17, 15) is 4.79 Å². The Labute approximate surface area is 160 Å². The second kappa shape index (κ2) is 7.93. The molecule has 1 aliphatic heterocycles. The number of nitrogens with zero attached hydrogens (tertiary/aromatic N) is 2. The van der Waals surface area contributed by atoms with Crippen molar-refractivity contribution in [2.45, 2.75) is 33.2 Å². The van der Waals surface area contributed by atoms with Crippen molar-refractivity contribution in [1.29, 1.82) is 0 Å². The molecule has 2 aromatic rings. The van der Waals surface area contributed by atoms with E-state index in [1.807, 2.05) is 25.1 Å². The number of halogens is 1. The van der Waals surface area contributed by atoms with Crippen LogP contribution in [0.2, 0.25) is 0 Å². The molecule has 0 spiro atoms. The Kier molecular flexibility index (Phi) is 5.89. The molecule has 1 aliphatic rings. The van der Waals surface area contributed by atoms with Gasteiger partial charge in [-0.25, -0.2) is 4.98 Å². The summed E-state index contributed by atoms with van der Waals surface area (Å²) in [6.45, 7) is 7.49. The first-order valence-electron chi connectivity index (χ1n) is 8.26. The van der Waals surface area contributed by atoms with E-state index in [1.54, 1.807) is 0 Å². The Morgan fingerprint density at radius 1 is 1.42 bits per heavy atom. The lowest BCUT2D eigenvalue weighted by molar-refractivity contribution is 0.102. The van der Waals surface area contributed by atoms with Crippen molar-refractivity contribution in [3.05, 3.63) is 44.0 Å². The second-order valence-electron chi connectivity index (χ2n) is 6.49. The highest BCUT2D eigenvalue weighted by Crippen LogP contribution is 2.22. The van der Waals surface area contributed by atoms with Crippen LogP contribution in [0.25, 0.3) is 0 Å². The molecule has 1 amide bonds. The quantitative estimate of drug-likeness (QED) is 0.689. The summed E-state index contributed by atoms with van der Waals surface area (Å²) in [4.78, 5) is 19.5. The first kappa shape index (κ1) is 17.8. The van der Waals surface area contributed by atoms with Gasteiger partial charge in [-0.05, 0) is 73.0 Å². The predicted octanol–water partition coefficient (Wildman–Crippen LogP) is 4.54. The number of thiazole rings is 1. The number of hydrogen-bond donors (Lipinski definition) is 1. The summed E-state index contributed by atoms with van der Waals surface area (Å²) in [5.41, 5.74) is 2.86. The van der Waals surface area contributed by atoms with Gasteiger partial charge >= 0.3 is 0 Å². The average Bonchev–Trinajstić information content (AvgIpc) is 2.99. The maximum atomic E-state index is 12.5. The van der Waals surface area contributed by atoms with Crippen LogP contribution in [-0.4, -0.2) is 28.9 Å². The van der Waals surface area contributed by atoms with E-state index in [0.29, 0.717) is 10.7 Å². The molecule has 0 saturated carbocycles. The molecule has 6 heteroatoms. The van der Waals surface area contributed by atoms with E-state index >= 15 is 0 Å². The van der Waals surface area contributed by atoms with E-state index in [-0.39, 0.29) is 5.91 Å². The predicted molar refractivity (Wildman–Crippen MR) is 108 cm³/mol. The average molecular weight is 455 g/mol. The normalized spacial score (nSPS) is 16.3. The van der Waals surface area contributed by atoms with Gasteiger partial charge in [0.05, 0.1) is 11.3 Å². The minimum atomic E-state index is -0.0872. The number of piperidine rings is 1. The second-order valence-corrected chi connectivity index (χ2v) is 8.43. The van der Waals surface area contributed by atoms with Gasteiger partial charge in [0, 0.05) is 15.5 Å². The van der Waals surface area contributed by atoms with Gasteiger partial charge in [-0.15, -0.1) is 11.3 Å². The molecule has 0 aliphatic carbocycles. The highest BCUT2D eigenvalue weighted by molar-refractivity contribution is 14.1. The van der Waals surface area contributed by atoms with E-state index < -0.39 is 0 Å². The number of rotatable bonds is 4. The van der Waals surface area contributed by atoms with Crippen LogP contribution in [0, 0.1) is 16.4 Å². The third kappa shape index (κ3) is 4.34. The number of carbonyl (C=O) groups excluding carboxylic acids is 1. The van der Waals surface area contributed by atoms with Gasteiger partial charge < -0.3 is 0 Å². The zero-order valence-electron chi connectivity index (χ0n) is 14.0. The third-order valence-electron chi connectivity index (χ3n) is 4.47. The van der Waals surface area contributed by atoms with Crippen molar-refractivity contribution in [2.75, 3.05) is 18.4 Å². The summed E-state index contributed by atoms with van der Waals surface area (Å²) in [5, 5.41) is 5.66. The monoisotopic (exact) mass is 455 g/mol. The van der Waals surface area contributed by atoms with E-state index in [4.69, 9.17) is 0 Å². The largest absolute Gasteiger partial charge is 0.298 e. The van der Waals surface area contributed by atoms with Crippen molar-refractivity contribution in [3.8, 4) is 0 Å². The van der Waals surface area contributed by atoms with Crippen molar-refractivity contribution < 1.29 is 4.79 Å². The van der Waals surface area contributed by atoms with E-state index in [2.05, 4.69) is 50.1 Å². The lowest BCUT2D eigenvalue weighted by atomic mass is 9.99. The summed E-state index contributed by atoms with van der Waals surface area (Å²) in [7, 11) is 0. The standard InChI is InChI=1S/C18H22IN3OS/c1-12-6-8-22(9-7-12)10-14-11-24-18(20-14)21-17(23)15-5-3-4-13(2)16(15)19/h3-5,11-12H,6-10H2,1-2H3,(H,20,21,23). The SMILES string of the molecule is Cc1cccc(C(=O)Nc2nc(CN3CCC(C)CC3)cs2)c1I. The molecule has 4 nitrogen and oxygen atoms in total. The van der Waals surface area contributed by atoms with Crippen LogP contribution in [0.3, 0.4) is 0 Å². The number of anilines is 1. The topological polar surface area (TPSA) is 45.2 Å². The summed E-state index contributed by atoms with van der Waals surface area (Å²) in [5.74, 6) is 0.749. The fourth-order valence-corrected chi connectivity index (χ4v) is 4.17. The zero-order valence-corrected chi connectivity index (χ0v) is 17.0. The van der Waals surface area contributed by atoms with Crippen molar-refractivity contribution in [2.24, 2.45) is 5.92 Å². The summed E-state index contributed by atoms with van der Waals surface area (Å²) in [6, 6.07) is 5.78. The van der Waals surface area contributed by atoms with Gasteiger partial charge in [0.2, 0.25) is 0 Å². The van der Waals surface area contributed by atoms with Crippen molar-refractivity contribution in [3.63, 3.8) is 0 Å². The molecular formula is C18H22IN3OS. The smallest absolute Gasteiger partial charge is 0.258 e. The molecule has 1 aromatic heterocycles. The number of hydrogen-bond acceptors (Lipinski definition) is 4. The van der Waals surface area contributed by atoms with Crippen LogP contribution in [0.15, 0.2) is 23.6 Å². The summed E-state index contributed by atoms with van der Waals surface area (Å²) < 4.78 is 0.992. The highest BCUT2D eigenvalue weighted by atomic mass is 127. The molecule has 0 unspecified atom stereocenters. The molecule has 2 heterocycles. The minimum Gasteiger partial charge on any atom is -0.298 e. The number of likely N-dealkylation sites (tertiary alicyclic amines) is 1. The molecule has 1 fully saturated rings. The Balaban J connectivity index is 1.61. The summed E-state index contributed by atoms with van der Waals surface area (Å²) in [6.07, 6.45) is 2.53. The fraction of sp³-hybridized carbons (Fsp3) is 0.444. The Morgan fingerprint density at radius 3 is 2.92 bits per heavy atom. The number of aryl methyl sites for hydroxylation is 1. The highest BCUT2D eigenvalue weighted by Gasteiger charge is 2.17. The lowest BCUT2D eigenvalue weighted by Crippen LogP contribution is -2.32. The third-order valence-corrected chi connectivity index (χ3v) is 6.71. The van der Waals surface area contributed by atoms with Crippen LogP contribution in [-0.2, 0) is 6.54 Å². The van der Waals surface area contributed by atoms with Crippen LogP contribution in [0.4, 0.5) is 5.13 Å². The fourth-order valence-electron chi connectivity index (χ4n) is 2.87. The van der Waals surface area contributed by atoms with Gasteiger partial charge in [0.1, 0.15) is 0 Å². The van der Waals surface area contributed by atoms with E-state index in [1.165, 1.54) is 24.2 Å². The first-order chi connectivity index (χ1) is 11.5. The molecule has 0 atom stereocenters. The number of amides is 1. The van der Waals surface area contributed by atoms with Gasteiger partial charge in [-0.1, -0.05) is 19.1 Å². The molecule has 1 aromatic carbocycles. The zero-order chi connectivity index (χ0) is 17.1.